The molecular weight excluding hydrogens is 360 g/mol. The van der Waals surface area contributed by atoms with Gasteiger partial charge in [-0.15, -0.1) is 0 Å². The summed E-state index contributed by atoms with van der Waals surface area (Å²) < 4.78 is 56.2. The van der Waals surface area contributed by atoms with E-state index in [1.165, 1.54) is 6.07 Å². The van der Waals surface area contributed by atoms with Crippen LogP contribution in [0.5, 0.6) is 0 Å². The van der Waals surface area contributed by atoms with E-state index in [4.69, 9.17) is 0 Å². The van der Waals surface area contributed by atoms with Gasteiger partial charge in [0.25, 0.3) is 5.92 Å². The van der Waals surface area contributed by atoms with Gasteiger partial charge >= 0.3 is 0 Å². The summed E-state index contributed by atoms with van der Waals surface area (Å²) in [6, 6.07) is 7.23. The Kier molecular flexibility index (Phi) is 4.53. The van der Waals surface area contributed by atoms with Gasteiger partial charge in [0.15, 0.2) is 0 Å². The minimum absolute atomic E-state index is 0.0941. The van der Waals surface area contributed by atoms with Gasteiger partial charge in [-0.25, -0.2) is 17.2 Å². The van der Waals surface area contributed by atoms with Crippen molar-refractivity contribution in [3.8, 4) is 0 Å². The molecule has 2 saturated heterocycles. The van der Waals surface area contributed by atoms with E-state index in [0.717, 1.165) is 41.1 Å². The number of nitrogens with zero attached hydrogens (tertiary/aromatic N) is 2. The van der Waals surface area contributed by atoms with Gasteiger partial charge in [-0.2, -0.15) is 4.31 Å². The number of alkyl halides is 2. The topological polar surface area (TPSA) is 54.3 Å². The summed E-state index contributed by atoms with van der Waals surface area (Å²) in [5, 5.41) is 4.29. The van der Waals surface area contributed by atoms with E-state index in [1.807, 2.05) is 12.3 Å². The van der Waals surface area contributed by atoms with Crippen LogP contribution in [-0.4, -0.2) is 49.4 Å². The third kappa shape index (κ3) is 3.25. The van der Waals surface area contributed by atoms with E-state index >= 15 is 0 Å². The van der Waals surface area contributed by atoms with Crippen LogP contribution in [0.15, 0.2) is 35.4 Å². The fourth-order valence-corrected chi connectivity index (χ4v) is 5.50. The molecule has 1 N–H and O–H groups in total. The van der Waals surface area contributed by atoms with E-state index in [2.05, 4.69) is 9.88 Å². The Bertz CT molecular complexity index is 904. The number of benzene rings is 1. The van der Waals surface area contributed by atoms with E-state index in [9.17, 15) is 17.2 Å². The van der Waals surface area contributed by atoms with Gasteiger partial charge in [0, 0.05) is 30.7 Å². The normalized spacial score (nSPS) is 22.7. The van der Waals surface area contributed by atoms with E-state index in [-0.39, 0.29) is 24.3 Å². The molecule has 0 spiro atoms. The summed E-state index contributed by atoms with van der Waals surface area (Å²) >= 11 is 0. The van der Waals surface area contributed by atoms with Gasteiger partial charge in [0.2, 0.25) is 10.0 Å². The van der Waals surface area contributed by atoms with Crippen molar-refractivity contribution in [1.29, 1.82) is 0 Å². The first-order chi connectivity index (χ1) is 12.4. The number of piperidine rings is 2. The maximum atomic E-state index is 13.7. The summed E-state index contributed by atoms with van der Waals surface area (Å²) in [7, 11) is -3.92. The number of halogens is 2. The van der Waals surface area contributed by atoms with Gasteiger partial charge in [0.1, 0.15) is 0 Å². The predicted molar refractivity (Wildman–Crippen MR) is 96.0 cm³/mol. The summed E-state index contributed by atoms with van der Waals surface area (Å²) in [6.07, 6.45) is 3.89. The van der Waals surface area contributed by atoms with Crippen molar-refractivity contribution < 1.29 is 17.2 Å². The van der Waals surface area contributed by atoms with Crippen LogP contribution in [0.2, 0.25) is 0 Å². The number of nitrogens with one attached hydrogen (secondary N) is 1. The summed E-state index contributed by atoms with van der Waals surface area (Å²) in [5.41, 5.74) is 0.849. The Morgan fingerprint density at radius 3 is 2.65 bits per heavy atom. The maximum absolute atomic E-state index is 13.7. The van der Waals surface area contributed by atoms with Crippen molar-refractivity contribution in [3.05, 3.63) is 30.5 Å². The molecule has 142 valence electrons. The van der Waals surface area contributed by atoms with Crippen LogP contribution in [-0.2, 0) is 10.0 Å². The fraction of sp³-hybridized carbons (Fsp3) is 0.556. The average Bonchev–Trinajstić information content (AvgIpc) is 3.05. The molecule has 1 aromatic heterocycles. The smallest absolute Gasteiger partial charge is 0.261 e. The Morgan fingerprint density at radius 2 is 1.92 bits per heavy atom. The molecule has 0 amide bonds. The van der Waals surface area contributed by atoms with Crippen molar-refractivity contribution in [2.75, 3.05) is 26.2 Å². The first-order valence-electron chi connectivity index (χ1n) is 9.06. The van der Waals surface area contributed by atoms with E-state index in [1.54, 1.807) is 12.1 Å². The lowest BCUT2D eigenvalue weighted by Gasteiger charge is -2.31. The molecule has 4 rings (SSSR count). The molecule has 1 aromatic carbocycles. The van der Waals surface area contributed by atoms with Gasteiger partial charge in [-0.3, -0.25) is 0 Å². The quantitative estimate of drug-likeness (QED) is 0.887. The standard InChI is InChI=1S/C18H23F2N3O2S/c19-18(20)7-1-10-22(13-18)26(24,25)16-3-2-14-6-11-23(17(14)12-16)15-4-8-21-9-5-15/h2-3,6,11-12,15,21H,1,4-5,7-10,13H2. The van der Waals surface area contributed by atoms with E-state index in [0.29, 0.717) is 6.04 Å². The summed E-state index contributed by atoms with van der Waals surface area (Å²) in [5.74, 6) is -2.95. The zero-order valence-corrected chi connectivity index (χ0v) is 15.3. The fourth-order valence-electron chi connectivity index (χ4n) is 3.98. The van der Waals surface area contributed by atoms with Crippen LogP contribution < -0.4 is 5.32 Å². The van der Waals surface area contributed by atoms with Crippen LogP contribution in [0.25, 0.3) is 10.9 Å². The molecule has 2 fully saturated rings. The van der Waals surface area contributed by atoms with Crippen molar-refractivity contribution in [2.45, 2.75) is 42.5 Å². The predicted octanol–water partition coefficient (Wildman–Crippen LogP) is 2.99. The lowest BCUT2D eigenvalue weighted by molar-refractivity contribution is -0.0434. The molecule has 3 heterocycles. The Morgan fingerprint density at radius 1 is 1.15 bits per heavy atom. The molecular formula is C18H23F2N3O2S. The number of aromatic nitrogens is 1. The number of fused-ring (bicyclic) bond motifs is 1. The number of hydrogen-bond acceptors (Lipinski definition) is 3. The van der Waals surface area contributed by atoms with Crippen LogP contribution in [0.1, 0.15) is 31.7 Å². The van der Waals surface area contributed by atoms with Crippen molar-refractivity contribution in [1.82, 2.24) is 14.2 Å². The molecule has 2 aliphatic heterocycles. The Labute approximate surface area is 152 Å². The minimum atomic E-state index is -3.92. The van der Waals surface area contributed by atoms with Crippen molar-refractivity contribution in [2.24, 2.45) is 0 Å². The number of sulfonamides is 1. The Balaban J connectivity index is 1.70. The highest BCUT2D eigenvalue weighted by Gasteiger charge is 2.40. The Hall–Kier alpha value is -1.51. The second-order valence-electron chi connectivity index (χ2n) is 7.22. The zero-order valence-electron chi connectivity index (χ0n) is 14.5. The lowest BCUT2D eigenvalue weighted by Crippen LogP contribution is -2.45. The lowest BCUT2D eigenvalue weighted by atomic mass is 10.1. The van der Waals surface area contributed by atoms with Gasteiger partial charge in [-0.1, -0.05) is 6.07 Å². The van der Waals surface area contributed by atoms with Gasteiger partial charge in [0.05, 0.1) is 11.4 Å². The van der Waals surface area contributed by atoms with Crippen LogP contribution >= 0.6 is 0 Å². The molecule has 0 aliphatic carbocycles. The highest BCUT2D eigenvalue weighted by atomic mass is 32.2. The molecule has 2 aliphatic rings. The second-order valence-corrected chi connectivity index (χ2v) is 9.16. The maximum Gasteiger partial charge on any atom is 0.261 e. The van der Waals surface area contributed by atoms with Crippen molar-refractivity contribution >= 4 is 20.9 Å². The van der Waals surface area contributed by atoms with Crippen LogP contribution in [0, 0.1) is 0 Å². The van der Waals surface area contributed by atoms with Crippen LogP contribution in [0.3, 0.4) is 0 Å². The first kappa shape index (κ1) is 17.9. The third-order valence-electron chi connectivity index (χ3n) is 5.39. The molecule has 26 heavy (non-hydrogen) atoms. The number of rotatable bonds is 3. The van der Waals surface area contributed by atoms with E-state index < -0.39 is 22.5 Å². The highest BCUT2D eigenvalue weighted by molar-refractivity contribution is 7.89. The molecule has 0 radical (unpaired) electrons. The van der Waals surface area contributed by atoms with Crippen molar-refractivity contribution in [3.63, 3.8) is 0 Å². The second kappa shape index (κ2) is 6.58. The molecule has 0 atom stereocenters. The molecule has 0 bridgehead atoms. The minimum Gasteiger partial charge on any atom is -0.344 e. The zero-order chi connectivity index (χ0) is 18.4. The number of hydrogen-bond donors (Lipinski definition) is 1. The first-order valence-corrected chi connectivity index (χ1v) is 10.5. The average molecular weight is 383 g/mol. The SMILES string of the molecule is O=S(=O)(c1ccc2ccn(C3CCNCC3)c2c1)N1CCCC(F)(F)C1. The molecule has 0 unspecified atom stereocenters. The monoisotopic (exact) mass is 383 g/mol. The largest absolute Gasteiger partial charge is 0.344 e. The summed E-state index contributed by atoms with van der Waals surface area (Å²) in [4.78, 5) is 0.0941. The molecule has 2 aromatic rings. The highest BCUT2D eigenvalue weighted by Crippen LogP contribution is 2.32. The summed E-state index contributed by atoms with van der Waals surface area (Å²) in [6.45, 7) is 1.28. The molecule has 5 nitrogen and oxygen atoms in total. The van der Waals surface area contributed by atoms with Crippen LogP contribution in [0.4, 0.5) is 8.78 Å². The molecule has 0 saturated carbocycles. The third-order valence-corrected chi connectivity index (χ3v) is 7.23. The molecule has 8 heteroatoms. The van der Waals surface area contributed by atoms with Gasteiger partial charge in [-0.05, 0) is 55.9 Å². The van der Waals surface area contributed by atoms with Gasteiger partial charge < -0.3 is 9.88 Å².